The van der Waals surface area contributed by atoms with Crippen molar-refractivity contribution in [1.82, 2.24) is 9.88 Å². The van der Waals surface area contributed by atoms with E-state index in [0.29, 0.717) is 30.8 Å². The van der Waals surface area contributed by atoms with E-state index in [2.05, 4.69) is 4.98 Å². The Morgan fingerprint density at radius 2 is 1.94 bits per heavy atom. The summed E-state index contributed by atoms with van der Waals surface area (Å²) in [5, 5.41) is 16.1. The minimum atomic E-state index is -5.08. The minimum Gasteiger partial charge on any atom is -0.475 e. The second kappa shape index (κ2) is 10.6. The number of nitrogens with zero attached hydrogens (tertiary/aromatic N) is 3. The number of ether oxygens (including phenoxy) is 1. The average molecular weight is 526 g/mol. The van der Waals surface area contributed by atoms with Gasteiger partial charge in [-0.2, -0.15) is 18.4 Å². The van der Waals surface area contributed by atoms with Crippen molar-refractivity contribution < 1.29 is 41.0 Å². The lowest BCUT2D eigenvalue weighted by molar-refractivity contribution is -0.192. The molecule has 2 saturated heterocycles. The van der Waals surface area contributed by atoms with E-state index in [-0.39, 0.29) is 30.7 Å². The summed E-state index contributed by atoms with van der Waals surface area (Å²) in [5.74, 6) is -3.02. The van der Waals surface area contributed by atoms with Crippen LogP contribution in [0.15, 0.2) is 48.8 Å². The Morgan fingerprint density at radius 3 is 2.53 bits per heavy atom. The molecular formula is C23H22F3N3O6S. The van der Waals surface area contributed by atoms with Crippen LogP contribution in [0, 0.1) is 17.2 Å². The molecule has 192 valence electrons. The number of carbonyl (C=O) groups excluding carboxylic acids is 1. The van der Waals surface area contributed by atoms with Crippen LogP contribution in [0.1, 0.15) is 27.9 Å². The lowest BCUT2D eigenvalue weighted by Crippen LogP contribution is -2.68. The van der Waals surface area contributed by atoms with Crippen LogP contribution in [-0.4, -0.2) is 71.7 Å². The Labute approximate surface area is 205 Å². The normalized spacial score (nSPS) is 19.5. The van der Waals surface area contributed by atoms with Gasteiger partial charge < -0.3 is 14.7 Å². The number of benzene rings is 1. The smallest absolute Gasteiger partial charge is 0.475 e. The maximum absolute atomic E-state index is 12.8. The van der Waals surface area contributed by atoms with E-state index in [1.54, 1.807) is 35.5 Å². The zero-order valence-electron chi connectivity index (χ0n) is 18.8. The van der Waals surface area contributed by atoms with Gasteiger partial charge in [-0.15, -0.1) is 0 Å². The van der Waals surface area contributed by atoms with Crippen LogP contribution in [0.25, 0.3) is 0 Å². The number of aliphatic carboxylic acids is 1. The van der Waals surface area contributed by atoms with Crippen molar-refractivity contribution >= 4 is 21.7 Å². The van der Waals surface area contributed by atoms with Gasteiger partial charge in [-0.05, 0) is 36.2 Å². The Bertz CT molecular complexity index is 1260. The average Bonchev–Trinajstić information content (AvgIpc) is 3.08. The SMILES string of the molecule is N#Cc1cccc(C(=O)N2CC3(C2)C(COCc2cccnc2)CCS3(=O)=O)c1.O=C(O)C(F)(F)F. The fourth-order valence-corrected chi connectivity index (χ4v) is 6.56. The molecule has 2 aromatic rings. The molecule has 2 fully saturated rings. The monoisotopic (exact) mass is 525 g/mol. The Kier molecular flexibility index (Phi) is 8.00. The van der Waals surface area contributed by atoms with E-state index in [9.17, 15) is 26.4 Å². The second-order valence-corrected chi connectivity index (χ2v) is 10.9. The molecule has 1 aromatic carbocycles. The molecular weight excluding hydrogens is 503 g/mol. The summed E-state index contributed by atoms with van der Waals surface area (Å²) in [6.07, 6.45) is -1.13. The van der Waals surface area contributed by atoms with Gasteiger partial charge in [0.25, 0.3) is 5.91 Å². The molecule has 0 aliphatic carbocycles. The van der Waals surface area contributed by atoms with Crippen LogP contribution in [-0.2, 0) is 26.0 Å². The summed E-state index contributed by atoms with van der Waals surface area (Å²) in [4.78, 5) is 27.2. The summed E-state index contributed by atoms with van der Waals surface area (Å²) in [5.41, 5.74) is 1.74. The number of nitriles is 1. The molecule has 4 rings (SSSR count). The van der Waals surface area contributed by atoms with Gasteiger partial charge >= 0.3 is 12.1 Å². The lowest BCUT2D eigenvalue weighted by Gasteiger charge is -2.49. The number of carbonyl (C=O) groups is 2. The first-order valence-corrected chi connectivity index (χ1v) is 12.3. The predicted molar refractivity (Wildman–Crippen MR) is 119 cm³/mol. The molecule has 1 N–H and O–H groups in total. The number of carboxylic acid groups (broad SMARTS) is 1. The van der Waals surface area contributed by atoms with Crippen molar-refractivity contribution in [3.8, 4) is 6.07 Å². The zero-order valence-corrected chi connectivity index (χ0v) is 19.6. The topological polar surface area (TPSA) is 138 Å². The Morgan fingerprint density at radius 1 is 1.25 bits per heavy atom. The van der Waals surface area contributed by atoms with Crippen LogP contribution in [0.2, 0.25) is 0 Å². The number of pyridine rings is 1. The molecule has 1 atom stereocenters. The van der Waals surface area contributed by atoms with Gasteiger partial charge in [0.15, 0.2) is 9.84 Å². The molecule has 13 heteroatoms. The molecule has 0 saturated carbocycles. The third-order valence-corrected chi connectivity index (χ3v) is 8.70. The van der Waals surface area contributed by atoms with E-state index in [1.807, 2.05) is 18.2 Å². The molecule has 1 amide bonds. The number of rotatable bonds is 5. The van der Waals surface area contributed by atoms with E-state index < -0.39 is 26.7 Å². The molecule has 0 radical (unpaired) electrons. The fraction of sp³-hybridized carbons (Fsp3) is 0.391. The Hall–Kier alpha value is -3.50. The molecule has 1 aromatic heterocycles. The number of aromatic nitrogens is 1. The molecule has 1 unspecified atom stereocenters. The van der Waals surface area contributed by atoms with Gasteiger partial charge in [0, 0.05) is 37.0 Å². The zero-order chi connectivity index (χ0) is 26.6. The van der Waals surface area contributed by atoms with Crippen LogP contribution in [0.4, 0.5) is 13.2 Å². The van der Waals surface area contributed by atoms with Gasteiger partial charge in [0.05, 0.1) is 30.6 Å². The summed E-state index contributed by atoms with van der Waals surface area (Å²) in [7, 11) is -3.29. The summed E-state index contributed by atoms with van der Waals surface area (Å²) < 4.78 is 62.1. The molecule has 36 heavy (non-hydrogen) atoms. The first-order valence-electron chi connectivity index (χ1n) is 10.7. The summed E-state index contributed by atoms with van der Waals surface area (Å²) in [6.45, 7) is 1.06. The second-order valence-electron chi connectivity index (χ2n) is 8.40. The molecule has 1 spiro atoms. The predicted octanol–water partition coefficient (Wildman–Crippen LogP) is 2.43. The van der Waals surface area contributed by atoms with Gasteiger partial charge in [-0.25, -0.2) is 13.2 Å². The minimum absolute atomic E-state index is 0.125. The Balaban J connectivity index is 0.000000454. The summed E-state index contributed by atoms with van der Waals surface area (Å²) >= 11 is 0. The number of amides is 1. The van der Waals surface area contributed by atoms with Crippen molar-refractivity contribution in [3.05, 3.63) is 65.5 Å². The number of alkyl halides is 3. The third kappa shape index (κ3) is 5.83. The first-order chi connectivity index (χ1) is 16.9. The standard InChI is InChI=1S/C21H21N3O4S.C2HF3O2/c22-10-16-3-1-5-18(9-16)20(25)24-14-21(15-24)19(6-8-29(21,26)27)13-28-12-17-4-2-7-23-11-17;3-2(4,5)1(6)7/h1-5,7,9,11,19H,6,8,12-15H2;(H,6,7). The largest absolute Gasteiger partial charge is 0.490 e. The maximum Gasteiger partial charge on any atom is 0.490 e. The van der Waals surface area contributed by atoms with Crippen molar-refractivity contribution in [3.63, 3.8) is 0 Å². The van der Waals surface area contributed by atoms with Gasteiger partial charge in [0.2, 0.25) is 0 Å². The lowest BCUT2D eigenvalue weighted by atomic mass is 9.83. The number of carboxylic acids is 1. The number of hydrogen-bond donors (Lipinski definition) is 1. The van der Waals surface area contributed by atoms with Gasteiger partial charge in [-0.1, -0.05) is 12.1 Å². The van der Waals surface area contributed by atoms with Crippen LogP contribution >= 0.6 is 0 Å². The maximum atomic E-state index is 12.8. The number of likely N-dealkylation sites (tertiary alicyclic amines) is 1. The van der Waals surface area contributed by atoms with Crippen molar-refractivity contribution in [2.75, 3.05) is 25.4 Å². The fourth-order valence-electron chi connectivity index (χ4n) is 4.16. The molecule has 2 aliphatic heterocycles. The van der Waals surface area contributed by atoms with Gasteiger partial charge in [-0.3, -0.25) is 9.78 Å². The number of hydrogen-bond acceptors (Lipinski definition) is 7. The van der Waals surface area contributed by atoms with Crippen LogP contribution < -0.4 is 0 Å². The van der Waals surface area contributed by atoms with E-state index >= 15 is 0 Å². The third-order valence-electron chi connectivity index (χ3n) is 6.09. The molecule has 3 heterocycles. The highest BCUT2D eigenvalue weighted by molar-refractivity contribution is 7.93. The highest BCUT2D eigenvalue weighted by Crippen LogP contribution is 2.45. The van der Waals surface area contributed by atoms with Crippen LogP contribution in [0.5, 0.6) is 0 Å². The molecule has 0 bridgehead atoms. The highest BCUT2D eigenvalue weighted by atomic mass is 32.2. The van der Waals surface area contributed by atoms with Crippen molar-refractivity contribution in [2.45, 2.75) is 24.0 Å². The van der Waals surface area contributed by atoms with Crippen LogP contribution in [0.3, 0.4) is 0 Å². The molecule has 2 aliphatic rings. The van der Waals surface area contributed by atoms with Gasteiger partial charge in [0.1, 0.15) is 4.75 Å². The number of sulfone groups is 1. The van der Waals surface area contributed by atoms with E-state index in [4.69, 9.17) is 19.9 Å². The highest BCUT2D eigenvalue weighted by Gasteiger charge is 2.62. The van der Waals surface area contributed by atoms with E-state index in [1.165, 1.54) is 6.07 Å². The van der Waals surface area contributed by atoms with Crippen molar-refractivity contribution in [1.29, 1.82) is 5.26 Å². The van der Waals surface area contributed by atoms with E-state index in [0.717, 1.165) is 5.56 Å². The summed E-state index contributed by atoms with van der Waals surface area (Å²) in [6, 6.07) is 12.2. The first kappa shape index (κ1) is 27.1. The quantitative estimate of drug-likeness (QED) is 0.628. The van der Waals surface area contributed by atoms with Crippen molar-refractivity contribution in [2.24, 2.45) is 5.92 Å². The number of halogens is 3. The molecule has 9 nitrogen and oxygen atoms in total.